The molecule has 19 heavy (non-hydrogen) atoms. The van der Waals surface area contributed by atoms with Gasteiger partial charge in [0.1, 0.15) is 6.29 Å². The Labute approximate surface area is 113 Å². The van der Waals surface area contributed by atoms with Crippen molar-refractivity contribution in [1.82, 2.24) is 0 Å². The van der Waals surface area contributed by atoms with Crippen molar-refractivity contribution in [2.24, 2.45) is 0 Å². The van der Waals surface area contributed by atoms with E-state index in [1.807, 2.05) is 67.6 Å². The summed E-state index contributed by atoms with van der Waals surface area (Å²) in [5, 5.41) is 0. The topological polar surface area (TPSA) is 34.1 Å². The zero-order valence-electron chi connectivity index (χ0n) is 10.8. The van der Waals surface area contributed by atoms with E-state index < -0.39 is 5.92 Å². The Balaban J connectivity index is 2.25. The number of rotatable bonds is 5. The van der Waals surface area contributed by atoms with Gasteiger partial charge in [0, 0.05) is 5.92 Å². The molecule has 0 aromatic heterocycles. The average Bonchev–Trinajstić information content (AvgIpc) is 2.49. The molecule has 0 aliphatic rings. The maximum Gasteiger partial charge on any atom is 0.154 e. The minimum absolute atomic E-state index is 0.0626. The molecule has 96 valence electrons. The van der Waals surface area contributed by atoms with Gasteiger partial charge in [-0.05, 0) is 11.1 Å². The molecule has 2 atom stereocenters. The maximum absolute atomic E-state index is 12.4. The molecule has 2 rings (SSSR count). The van der Waals surface area contributed by atoms with Crippen LogP contribution >= 0.6 is 0 Å². The van der Waals surface area contributed by atoms with Crippen LogP contribution in [0.5, 0.6) is 0 Å². The molecule has 0 amide bonds. The molecule has 0 fully saturated rings. The third-order valence-corrected chi connectivity index (χ3v) is 3.33. The summed E-state index contributed by atoms with van der Waals surface area (Å²) in [5.41, 5.74) is 1.69. The fourth-order valence-corrected chi connectivity index (χ4v) is 2.15. The number of carbonyl (C=O) groups excluding carboxylic acids is 2. The number of hydrogen-bond donors (Lipinski definition) is 0. The van der Waals surface area contributed by atoms with E-state index in [-0.39, 0.29) is 11.7 Å². The molecule has 2 heteroatoms. The van der Waals surface area contributed by atoms with E-state index in [1.165, 1.54) is 0 Å². The van der Waals surface area contributed by atoms with Gasteiger partial charge in [-0.15, -0.1) is 0 Å². The lowest BCUT2D eigenvalue weighted by Gasteiger charge is -2.16. The monoisotopic (exact) mass is 252 g/mol. The van der Waals surface area contributed by atoms with Crippen molar-refractivity contribution in [2.45, 2.75) is 18.8 Å². The quantitative estimate of drug-likeness (QED) is 0.604. The van der Waals surface area contributed by atoms with E-state index in [4.69, 9.17) is 0 Å². The Bertz CT molecular complexity index is 546. The number of Topliss-reactive ketones (excluding diaryl/α,β-unsaturated/α-hetero) is 1. The van der Waals surface area contributed by atoms with Gasteiger partial charge in [-0.1, -0.05) is 67.6 Å². The summed E-state index contributed by atoms with van der Waals surface area (Å²) in [5.74, 6) is -1.03. The first-order valence-electron chi connectivity index (χ1n) is 6.33. The minimum atomic E-state index is -0.684. The van der Waals surface area contributed by atoms with E-state index in [2.05, 4.69) is 0 Å². The highest BCUT2D eigenvalue weighted by Gasteiger charge is 2.25. The van der Waals surface area contributed by atoms with Crippen molar-refractivity contribution < 1.29 is 9.59 Å². The molecule has 0 heterocycles. The van der Waals surface area contributed by atoms with Gasteiger partial charge < -0.3 is 4.79 Å². The maximum atomic E-state index is 12.4. The Morgan fingerprint density at radius 3 is 1.84 bits per heavy atom. The zero-order valence-corrected chi connectivity index (χ0v) is 10.8. The van der Waals surface area contributed by atoms with Crippen LogP contribution < -0.4 is 0 Å². The first-order valence-corrected chi connectivity index (χ1v) is 6.33. The van der Waals surface area contributed by atoms with E-state index in [0.717, 1.165) is 17.4 Å². The fraction of sp³-hybridized carbons (Fsp3) is 0.176. The molecule has 0 saturated heterocycles. The standard InChI is InChI=1S/C17H16O2/c1-13(14-8-4-2-5-9-14)17(19)16(12-18)15-10-6-3-7-11-15/h2-13,16H,1H3. The predicted molar refractivity (Wildman–Crippen MR) is 75.1 cm³/mol. The van der Waals surface area contributed by atoms with Crippen LogP contribution in [0.15, 0.2) is 60.7 Å². The number of carbonyl (C=O) groups is 2. The second kappa shape index (κ2) is 6.10. The summed E-state index contributed by atoms with van der Waals surface area (Å²) < 4.78 is 0. The van der Waals surface area contributed by atoms with Crippen molar-refractivity contribution in [3.05, 3.63) is 71.8 Å². The van der Waals surface area contributed by atoms with Crippen LogP contribution in [-0.2, 0) is 9.59 Å². The van der Waals surface area contributed by atoms with Crippen LogP contribution in [0, 0.1) is 0 Å². The number of ketones is 1. The SMILES string of the molecule is CC(C(=O)C(C=O)c1ccccc1)c1ccccc1. The molecular weight excluding hydrogens is 236 g/mol. The first-order chi connectivity index (χ1) is 9.24. The van der Waals surface area contributed by atoms with Crippen molar-refractivity contribution in [3.8, 4) is 0 Å². The highest BCUT2D eigenvalue weighted by atomic mass is 16.1. The molecule has 2 nitrogen and oxygen atoms in total. The molecule has 0 bridgehead atoms. The molecule has 0 aliphatic carbocycles. The molecule has 2 unspecified atom stereocenters. The van der Waals surface area contributed by atoms with Gasteiger partial charge in [0.25, 0.3) is 0 Å². The van der Waals surface area contributed by atoms with E-state index in [0.29, 0.717) is 0 Å². The van der Waals surface area contributed by atoms with Crippen LogP contribution in [-0.4, -0.2) is 12.1 Å². The van der Waals surface area contributed by atoms with E-state index in [9.17, 15) is 9.59 Å². The summed E-state index contributed by atoms with van der Waals surface area (Å²) in [4.78, 5) is 23.7. The van der Waals surface area contributed by atoms with Gasteiger partial charge in [0.15, 0.2) is 5.78 Å². The summed E-state index contributed by atoms with van der Waals surface area (Å²) in [6, 6.07) is 18.7. The van der Waals surface area contributed by atoms with Crippen molar-refractivity contribution in [2.75, 3.05) is 0 Å². The lowest BCUT2D eigenvalue weighted by atomic mass is 9.85. The normalized spacial score (nSPS) is 13.5. The lowest BCUT2D eigenvalue weighted by Crippen LogP contribution is -2.20. The molecule has 0 spiro atoms. The zero-order chi connectivity index (χ0) is 13.7. The number of hydrogen-bond acceptors (Lipinski definition) is 2. The Morgan fingerprint density at radius 1 is 0.895 bits per heavy atom. The van der Waals surface area contributed by atoms with Crippen molar-refractivity contribution >= 4 is 12.1 Å². The van der Waals surface area contributed by atoms with Crippen LogP contribution in [0.25, 0.3) is 0 Å². The molecular formula is C17H16O2. The van der Waals surface area contributed by atoms with Crippen molar-refractivity contribution in [1.29, 1.82) is 0 Å². The van der Waals surface area contributed by atoms with Gasteiger partial charge in [-0.3, -0.25) is 4.79 Å². The van der Waals surface area contributed by atoms with Crippen LogP contribution in [0.1, 0.15) is 29.9 Å². The summed E-state index contributed by atoms with van der Waals surface area (Å²) in [7, 11) is 0. The predicted octanol–water partition coefficient (Wildman–Crippen LogP) is 3.34. The number of aldehydes is 1. The summed E-state index contributed by atoms with van der Waals surface area (Å²) in [6.07, 6.45) is 0.733. The van der Waals surface area contributed by atoms with Crippen LogP contribution in [0.3, 0.4) is 0 Å². The van der Waals surface area contributed by atoms with Gasteiger partial charge in [-0.2, -0.15) is 0 Å². The third kappa shape index (κ3) is 2.97. The Hall–Kier alpha value is -2.22. The largest absolute Gasteiger partial charge is 0.302 e. The highest BCUT2D eigenvalue weighted by Crippen LogP contribution is 2.24. The molecule has 2 aromatic rings. The molecule has 0 N–H and O–H groups in total. The van der Waals surface area contributed by atoms with Gasteiger partial charge >= 0.3 is 0 Å². The van der Waals surface area contributed by atoms with Crippen LogP contribution in [0.4, 0.5) is 0 Å². The average molecular weight is 252 g/mol. The second-order valence-electron chi connectivity index (χ2n) is 4.56. The lowest BCUT2D eigenvalue weighted by molar-refractivity contribution is -0.125. The number of benzene rings is 2. The fourth-order valence-electron chi connectivity index (χ4n) is 2.15. The molecule has 0 aliphatic heterocycles. The minimum Gasteiger partial charge on any atom is -0.302 e. The van der Waals surface area contributed by atoms with Gasteiger partial charge in [0.05, 0.1) is 5.92 Å². The Kier molecular flexibility index (Phi) is 4.24. The van der Waals surface area contributed by atoms with Gasteiger partial charge in [-0.25, -0.2) is 0 Å². The molecule has 2 aromatic carbocycles. The smallest absolute Gasteiger partial charge is 0.154 e. The van der Waals surface area contributed by atoms with Crippen LogP contribution in [0.2, 0.25) is 0 Å². The Morgan fingerprint density at radius 2 is 1.37 bits per heavy atom. The highest BCUT2D eigenvalue weighted by molar-refractivity contribution is 6.02. The molecule has 0 saturated carbocycles. The van der Waals surface area contributed by atoms with Crippen molar-refractivity contribution in [3.63, 3.8) is 0 Å². The molecule has 0 radical (unpaired) electrons. The van der Waals surface area contributed by atoms with Gasteiger partial charge in [0.2, 0.25) is 0 Å². The third-order valence-electron chi connectivity index (χ3n) is 3.33. The van der Waals surface area contributed by atoms with E-state index in [1.54, 1.807) is 0 Å². The second-order valence-corrected chi connectivity index (χ2v) is 4.56. The first kappa shape index (κ1) is 13.2. The summed E-state index contributed by atoms with van der Waals surface area (Å²) >= 11 is 0. The summed E-state index contributed by atoms with van der Waals surface area (Å²) in [6.45, 7) is 1.84. The van der Waals surface area contributed by atoms with E-state index >= 15 is 0 Å².